The number of aryl methyl sites for hydroxylation is 1. The van der Waals surface area contributed by atoms with Crippen LogP contribution >= 0.6 is 0 Å². The first-order valence-electron chi connectivity index (χ1n) is 9.27. The van der Waals surface area contributed by atoms with Crippen molar-refractivity contribution in [2.45, 2.75) is 11.5 Å². The maximum Gasteiger partial charge on any atom is 0.265 e. The summed E-state index contributed by atoms with van der Waals surface area (Å²) in [4.78, 5) is 0.258. The molecule has 0 aliphatic rings. The van der Waals surface area contributed by atoms with Crippen LogP contribution in [-0.4, -0.2) is 20.0 Å². The molecule has 0 radical (unpaired) electrons. The molecule has 0 spiro atoms. The van der Waals surface area contributed by atoms with Crippen LogP contribution < -0.4 is 9.04 Å². The third kappa shape index (κ3) is 3.59. The normalized spacial score (nSPS) is 11.5. The van der Waals surface area contributed by atoms with E-state index in [1.807, 2.05) is 66.2 Å². The molecule has 0 bridgehead atoms. The molecule has 1 aromatic heterocycles. The van der Waals surface area contributed by atoms with Crippen LogP contribution in [0.3, 0.4) is 0 Å². The number of aromatic nitrogens is 1. The van der Waals surface area contributed by atoms with Crippen molar-refractivity contribution in [3.63, 3.8) is 0 Å². The minimum Gasteiger partial charge on any atom is -0.488 e. The molecule has 0 saturated heterocycles. The molecule has 0 amide bonds. The van der Waals surface area contributed by atoms with Crippen LogP contribution in [0.2, 0.25) is 0 Å². The van der Waals surface area contributed by atoms with Crippen LogP contribution in [0.15, 0.2) is 89.8 Å². The van der Waals surface area contributed by atoms with Crippen LogP contribution in [0.25, 0.3) is 10.9 Å². The summed E-state index contributed by atoms with van der Waals surface area (Å²) in [5.41, 5.74) is 1.98. The van der Waals surface area contributed by atoms with Gasteiger partial charge in [-0.3, -0.25) is 4.31 Å². The third-order valence-electron chi connectivity index (χ3n) is 4.98. The minimum absolute atomic E-state index is 0.258. The topological polar surface area (TPSA) is 51.5 Å². The van der Waals surface area contributed by atoms with E-state index < -0.39 is 10.0 Å². The summed E-state index contributed by atoms with van der Waals surface area (Å²) in [6, 6.07) is 26.0. The Labute approximate surface area is 170 Å². The van der Waals surface area contributed by atoms with Gasteiger partial charge in [0.15, 0.2) is 0 Å². The smallest absolute Gasteiger partial charge is 0.265 e. The molecule has 6 heteroatoms. The van der Waals surface area contributed by atoms with Crippen LogP contribution in [0.1, 0.15) is 5.56 Å². The molecule has 0 atom stereocenters. The quantitative estimate of drug-likeness (QED) is 0.471. The molecule has 148 valence electrons. The first-order valence-corrected chi connectivity index (χ1v) is 10.7. The molecule has 4 aromatic rings. The summed E-state index contributed by atoms with van der Waals surface area (Å²) < 4.78 is 35.3. The maximum absolute atomic E-state index is 13.0. The van der Waals surface area contributed by atoms with Crippen molar-refractivity contribution in [3.05, 3.63) is 90.5 Å². The summed E-state index contributed by atoms with van der Waals surface area (Å²) in [7, 11) is -0.231. The highest BCUT2D eigenvalue weighted by molar-refractivity contribution is 7.92. The van der Waals surface area contributed by atoms with E-state index in [1.54, 1.807) is 37.4 Å². The molecule has 4 rings (SSSR count). The number of benzene rings is 3. The average molecular weight is 407 g/mol. The number of ether oxygens (including phenoxy) is 1. The van der Waals surface area contributed by atoms with E-state index >= 15 is 0 Å². The number of anilines is 1. The summed E-state index contributed by atoms with van der Waals surface area (Å²) in [5, 5.41) is 0.871. The molecule has 0 N–H and O–H groups in total. The van der Waals surface area contributed by atoms with Gasteiger partial charge < -0.3 is 9.30 Å². The van der Waals surface area contributed by atoms with Gasteiger partial charge >= 0.3 is 0 Å². The highest BCUT2D eigenvalue weighted by atomic mass is 32.2. The standard InChI is InChI=1S/C23H22N2O3S/c1-24-21-14-9-15-22(28-17-18-10-5-3-6-11-18)20(21)16-23(24)25(2)29(26,27)19-12-7-4-8-13-19/h3-16H,17H2,1-2H3. The largest absolute Gasteiger partial charge is 0.488 e. The first kappa shape index (κ1) is 19.1. The zero-order valence-electron chi connectivity index (χ0n) is 16.3. The van der Waals surface area contributed by atoms with Gasteiger partial charge in [0, 0.05) is 19.5 Å². The van der Waals surface area contributed by atoms with E-state index in [9.17, 15) is 8.42 Å². The fourth-order valence-corrected chi connectivity index (χ4v) is 4.60. The van der Waals surface area contributed by atoms with Gasteiger partial charge in [-0.05, 0) is 35.9 Å². The fourth-order valence-electron chi connectivity index (χ4n) is 3.36. The van der Waals surface area contributed by atoms with Gasteiger partial charge in [0.25, 0.3) is 10.0 Å². The van der Waals surface area contributed by atoms with Gasteiger partial charge in [0.2, 0.25) is 0 Å². The Kier molecular flexibility index (Phi) is 5.03. The van der Waals surface area contributed by atoms with Crippen LogP contribution in [0, 0.1) is 0 Å². The zero-order valence-corrected chi connectivity index (χ0v) is 17.1. The summed E-state index contributed by atoms with van der Waals surface area (Å²) in [6.45, 7) is 0.447. The van der Waals surface area contributed by atoms with Crippen molar-refractivity contribution >= 4 is 26.7 Å². The fraction of sp³-hybridized carbons (Fsp3) is 0.130. The highest BCUT2D eigenvalue weighted by Gasteiger charge is 2.24. The molecule has 29 heavy (non-hydrogen) atoms. The molecule has 3 aromatic carbocycles. The van der Waals surface area contributed by atoms with E-state index in [4.69, 9.17) is 4.74 Å². The highest BCUT2D eigenvalue weighted by Crippen LogP contribution is 2.34. The Morgan fingerprint density at radius 3 is 2.24 bits per heavy atom. The summed E-state index contributed by atoms with van der Waals surface area (Å²) >= 11 is 0. The Balaban J connectivity index is 1.70. The van der Waals surface area contributed by atoms with E-state index in [1.165, 1.54) is 4.31 Å². The van der Waals surface area contributed by atoms with Gasteiger partial charge in [-0.1, -0.05) is 54.6 Å². The summed E-state index contributed by atoms with van der Waals surface area (Å²) in [6.07, 6.45) is 0. The lowest BCUT2D eigenvalue weighted by molar-refractivity contribution is 0.310. The Morgan fingerprint density at radius 2 is 1.55 bits per heavy atom. The summed E-state index contributed by atoms with van der Waals surface area (Å²) in [5.74, 6) is 1.29. The van der Waals surface area contributed by atoms with Gasteiger partial charge in [-0.2, -0.15) is 0 Å². The monoisotopic (exact) mass is 406 g/mol. The van der Waals surface area contributed by atoms with Crippen LogP contribution in [0.5, 0.6) is 5.75 Å². The predicted molar refractivity (Wildman–Crippen MR) is 116 cm³/mol. The number of hydrogen-bond acceptors (Lipinski definition) is 3. The molecular formula is C23H22N2O3S. The average Bonchev–Trinajstić information content (AvgIpc) is 3.10. The van der Waals surface area contributed by atoms with E-state index in [0.29, 0.717) is 12.4 Å². The first-order chi connectivity index (χ1) is 14.0. The van der Waals surface area contributed by atoms with E-state index in [2.05, 4.69) is 0 Å². The van der Waals surface area contributed by atoms with Crippen molar-refractivity contribution < 1.29 is 13.2 Å². The van der Waals surface area contributed by atoms with Crippen molar-refractivity contribution in [1.82, 2.24) is 4.57 Å². The molecule has 0 aliphatic heterocycles. The van der Waals surface area contributed by atoms with E-state index in [-0.39, 0.29) is 4.90 Å². The van der Waals surface area contributed by atoms with Crippen LogP contribution in [-0.2, 0) is 23.7 Å². The second-order valence-corrected chi connectivity index (χ2v) is 8.78. The lowest BCUT2D eigenvalue weighted by atomic mass is 10.2. The van der Waals surface area contributed by atoms with Gasteiger partial charge in [0.1, 0.15) is 18.2 Å². The molecule has 0 fully saturated rings. The zero-order chi connectivity index (χ0) is 20.4. The Morgan fingerprint density at radius 1 is 0.897 bits per heavy atom. The Hall–Kier alpha value is -3.25. The number of sulfonamides is 1. The minimum atomic E-state index is -3.66. The molecule has 0 unspecified atom stereocenters. The third-order valence-corrected chi connectivity index (χ3v) is 6.76. The molecule has 5 nitrogen and oxygen atoms in total. The SMILES string of the molecule is CN(c1cc2c(OCc3ccccc3)cccc2n1C)S(=O)(=O)c1ccccc1. The molecule has 1 heterocycles. The van der Waals surface area contributed by atoms with Crippen molar-refractivity contribution in [3.8, 4) is 5.75 Å². The number of fused-ring (bicyclic) bond motifs is 1. The Bertz CT molecular complexity index is 1230. The second-order valence-electron chi connectivity index (χ2n) is 6.81. The van der Waals surface area contributed by atoms with Crippen molar-refractivity contribution in [1.29, 1.82) is 0 Å². The van der Waals surface area contributed by atoms with E-state index in [0.717, 1.165) is 22.2 Å². The maximum atomic E-state index is 13.0. The number of nitrogens with zero attached hydrogens (tertiary/aromatic N) is 2. The molecule has 0 saturated carbocycles. The van der Waals surface area contributed by atoms with Gasteiger partial charge in [0.05, 0.1) is 10.4 Å². The van der Waals surface area contributed by atoms with Gasteiger partial charge in [-0.25, -0.2) is 8.42 Å². The molecular weight excluding hydrogens is 384 g/mol. The van der Waals surface area contributed by atoms with Crippen molar-refractivity contribution in [2.24, 2.45) is 7.05 Å². The van der Waals surface area contributed by atoms with Crippen molar-refractivity contribution in [2.75, 3.05) is 11.4 Å². The lowest BCUT2D eigenvalue weighted by Crippen LogP contribution is -2.28. The molecule has 0 aliphatic carbocycles. The predicted octanol–water partition coefficient (Wildman–Crippen LogP) is 4.58. The second kappa shape index (κ2) is 7.64. The lowest BCUT2D eigenvalue weighted by Gasteiger charge is -2.20. The van der Waals surface area contributed by atoms with Crippen LogP contribution in [0.4, 0.5) is 5.82 Å². The van der Waals surface area contributed by atoms with Gasteiger partial charge in [-0.15, -0.1) is 0 Å². The number of rotatable bonds is 6. The number of hydrogen-bond donors (Lipinski definition) is 0.